The number of fused-ring (bicyclic) bond motifs is 1. The molecule has 2 heteroatoms. The van der Waals surface area contributed by atoms with Crippen molar-refractivity contribution in [3.05, 3.63) is 72.3 Å². The molecule has 0 aliphatic heterocycles. The zero-order chi connectivity index (χ0) is 14.7. The van der Waals surface area contributed by atoms with Crippen LogP contribution >= 0.6 is 11.8 Å². The van der Waals surface area contributed by atoms with E-state index in [4.69, 9.17) is 0 Å². The predicted molar refractivity (Wildman–Crippen MR) is 92.0 cm³/mol. The van der Waals surface area contributed by atoms with Crippen LogP contribution < -0.4 is 5.32 Å². The molecule has 3 rings (SSSR count). The maximum atomic E-state index is 3.26. The lowest BCUT2D eigenvalue weighted by Crippen LogP contribution is -2.11. The molecule has 0 radical (unpaired) electrons. The van der Waals surface area contributed by atoms with Gasteiger partial charge in [-0.15, -0.1) is 0 Å². The van der Waals surface area contributed by atoms with Crippen LogP contribution in [0.2, 0.25) is 0 Å². The van der Waals surface area contributed by atoms with Crippen molar-refractivity contribution in [2.45, 2.75) is 22.8 Å². The second-order valence-electron chi connectivity index (χ2n) is 5.19. The topological polar surface area (TPSA) is 12.0 Å². The Balaban J connectivity index is 1.81. The van der Waals surface area contributed by atoms with Gasteiger partial charge in [-0.05, 0) is 54.6 Å². The van der Waals surface area contributed by atoms with Gasteiger partial charge in [0.2, 0.25) is 0 Å². The van der Waals surface area contributed by atoms with Gasteiger partial charge >= 0.3 is 0 Å². The van der Waals surface area contributed by atoms with Crippen molar-refractivity contribution in [2.75, 3.05) is 7.05 Å². The summed E-state index contributed by atoms with van der Waals surface area (Å²) in [5, 5.41) is 5.85. The van der Waals surface area contributed by atoms with E-state index in [1.165, 1.54) is 26.1 Å². The molecule has 21 heavy (non-hydrogen) atoms. The van der Waals surface area contributed by atoms with E-state index >= 15 is 0 Å². The van der Waals surface area contributed by atoms with Crippen molar-refractivity contribution in [3.63, 3.8) is 0 Å². The molecule has 3 aromatic carbocycles. The van der Waals surface area contributed by atoms with Gasteiger partial charge in [0, 0.05) is 15.8 Å². The first-order valence-corrected chi connectivity index (χ1v) is 8.02. The third-order valence-electron chi connectivity index (χ3n) is 3.77. The Hall–Kier alpha value is -1.77. The first-order valence-electron chi connectivity index (χ1n) is 7.20. The Morgan fingerprint density at radius 1 is 0.810 bits per heavy atom. The number of benzene rings is 3. The van der Waals surface area contributed by atoms with Crippen LogP contribution in [0.5, 0.6) is 0 Å². The number of hydrogen-bond acceptors (Lipinski definition) is 2. The summed E-state index contributed by atoms with van der Waals surface area (Å²) < 4.78 is 0. The van der Waals surface area contributed by atoms with Crippen LogP contribution in [0.15, 0.2) is 76.5 Å². The highest BCUT2D eigenvalue weighted by Gasteiger charge is 2.03. The van der Waals surface area contributed by atoms with E-state index in [9.17, 15) is 0 Å². The third kappa shape index (κ3) is 3.29. The molecule has 1 N–H and O–H groups in total. The summed E-state index contributed by atoms with van der Waals surface area (Å²) in [4.78, 5) is 2.56. The van der Waals surface area contributed by atoms with Gasteiger partial charge in [0.05, 0.1) is 0 Å². The van der Waals surface area contributed by atoms with E-state index in [1.807, 2.05) is 18.8 Å². The van der Waals surface area contributed by atoms with Crippen LogP contribution in [-0.2, 0) is 0 Å². The lowest BCUT2D eigenvalue weighted by atomic mass is 10.1. The molecule has 0 fully saturated rings. The molecular formula is C19H19NS. The molecule has 0 aromatic heterocycles. The van der Waals surface area contributed by atoms with Crippen LogP contribution in [0.1, 0.15) is 18.5 Å². The summed E-state index contributed by atoms with van der Waals surface area (Å²) in [7, 11) is 1.99. The van der Waals surface area contributed by atoms with Crippen molar-refractivity contribution in [3.8, 4) is 0 Å². The van der Waals surface area contributed by atoms with Crippen LogP contribution in [-0.4, -0.2) is 7.05 Å². The summed E-state index contributed by atoms with van der Waals surface area (Å²) >= 11 is 1.81. The number of rotatable bonds is 4. The Kier molecular flexibility index (Phi) is 4.28. The van der Waals surface area contributed by atoms with Gasteiger partial charge in [-0.1, -0.05) is 54.2 Å². The van der Waals surface area contributed by atoms with Gasteiger partial charge in [0.15, 0.2) is 0 Å². The van der Waals surface area contributed by atoms with Crippen molar-refractivity contribution >= 4 is 22.5 Å². The Morgan fingerprint density at radius 3 is 2.19 bits per heavy atom. The van der Waals surface area contributed by atoms with Gasteiger partial charge < -0.3 is 5.32 Å². The molecule has 1 atom stereocenters. The highest BCUT2D eigenvalue weighted by Crippen LogP contribution is 2.30. The van der Waals surface area contributed by atoms with Crippen molar-refractivity contribution in [1.82, 2.24) is 5.32 Å². The highest BCUT2D eigenvalue weighted by atomic mass is 32.2. The fourth-order valence-electron chi connectivity index (χ4n) is 2.36. The van der Waals surface area contributed by atoms with E-state index in [-0.39, 0.29) is 0 Å². The molecule has 1 nitrogen and oxygen atoms in total. The summed E-state index contributed by atoms with van der Waals surface area (Å²) in [5.74, 6) is 0. The predicted octanol–water partition coefficient (Wildman–Crippen LogP) is 5.27. The monoisotopic (exact) mass is 293 g/mol. The summed E-state index contributed by atoms with van der Waals surface area (Å²) in [6.07, 6.45) is 0. The third-order valence-corrected chi connectivity index (χ3v) is 4.77. The van der Waals surface area contributed by atoms with Gasteiger partial charge in [-0.2, -0.15) is 0 Å². The maximum absolute atomic E-state index is 3.26. The summed E-state index contributed by atoms with van der Waals surface area (Å²) in [5.41, 5.74) is 1.32. The normalized spacial score (nSPS) is 12.5. The molecule has 0 amide bonds. The fraction of sp³-hybridized carbons (Fsp3) is 0.158. The summed E-state index contributed by atoms with van der Waals surface area (Å²) in [6.45, 7) is 2.17. The van der Waals surface area contributed by atoms with Crippen LogP contribution in [0.25, 0.3) is 10.8 Å². The average molecular weight is 293 g/mol. The van der Waals surface area contributed by atoms with E-state index in [0.717, 1.165) is 0 Å². The smallest absolute Gasteiger partial charge is 0.0289 e. The largest absolute Gasteiger partial charge is 0.313 e. The molecule has 0 heterocycles. The van der Waals surface area contributed by atoms with Crippen LogP contribution in [0.3, 0.4) is 0 Å². The second kappa shape index (κ2) is 6.33. The highest BCUT2D eigenvalue weighted by molar-refractivity contribution is 7.99. The molecular weight excluding hydrogens is 274 g/mol. The fourth-order valence-corrected chi connectivity index (χ4v) is 3.22. The standard InChI is InChI=1S/C19H19NS/c1-14(20-2)15-7-10-18(11-8-15)21-19-12-9-16-5-3-4-6-17(16)13-19/h3-14,20H,1-2H3. The molecule has 1 unspecified atom stereocenters. The van der Waals surface area contributed by atoms with Crippen molar-refractivity contribution in [2.24, 2.45) is 0 Å². The first kappa shape index (κ1) is 14.2. The van der Waals surface area contributed by atoms with Crippen molar-refractivity contribution in [1.29, 1.82) is 0 Å². The van der Waals surface area contributed by atoms with Gasteiger partial charge in [-0.25, -0.2) is 0 Å². The van der Waals surface area contributed by atoms with E-state index < -0.39 is 0 Å². The van der Waals surface area contributed by atoms with Crippen LogP contribution in [0.4, 0.5) is 0 Å². The maximum Gasteiger partial charge on any atom is 0.0289 e. The minimum Gasteiger partial charge on any atom is -0.313 e. The van der Waals surface area contributed by atoms with Gasteiger partial charge in [-0.3, -0.25) is 0 Å². The van der Waals surface area contributed by atoms with Crippen molar-refractivity contribution < 1.29 is 0 Å². The zero-order valence-corrected chi connectivity index (χ0v) is 13.2. The molecule has 106 valence electrons. The lowest BCUT2D eigenvalue weighted by Gasteiger charge is -2.11. The second-order valence-corrected chi connectivity index (χ2v) is 6.34. The van der Waals surface area contributed by atoms with E-state index in [2.05, 4.69) is 79.0 Å². The molecule has 0 saturated carbocycles. The molecule has 0 saturated heterocycles. The van der Waals surface area contributed by atoms with E-state index in [0.29, 0.717) is 6.04 Å². The zero-order valence-electron chi connectivity index (χ0n) is 12.3. The molecule has 0 aliphatic rings. The molecule has 0 spiro atoms. The number of nitrogens with one attached hydrogen (secondary N) is 1. The summed E-state index contributed by atoms with van der Waals surface area (Å²) in [6, 6.07) is 24.3. The minimum atomic E-state index is 0.393. The molecule has 0 bridgehead atoms. The quantitative estimate of drug-likeness (QED) is 0.703. The Labute approximate surface area is 130 Å². The minimum absolute atomic E-state index is 0.393. The first-order chi connectivity index (χ1) is 10.3. The molecule has 0 aliphatic carbocycles. The van der Waals surface area contributed by atoms with Gasteiger partial charge in [0.25, 0.3) is 0 Å². The van der Waals surface area contributed by atoms with Crippen LogP contribution in [0, 0.1) is 0 Å². The SMILES string of the molecule is CNC(C)c1ccc(Sc2ccc3ccccc3c2)cc1. The average Bonchev–Trinajstić information content (AvgIpc) is 2.55. The lowest BCUT2D eigenvalue weighted by molar-refractivity contribution is 0.652. The molecule has 3 aromatic rings. The Morgan fingerprint density at radius 2 is 1.48 bits per heavy atom. The Bertz CT molecular complexity index is 734. The van der Waals surface area contributed by atoms with E-state index in [1.54, 1.807) is 0 Å². The van der Waals surface area contributed by atoms with Gasteiger partial charge in [0.1, 0.15) is 0 Å². The number of hydrogen-bond donors (Lipinski definition) is 1.